The highest BCUT2D eigenvalue weighted by Crippen LogP contribution is 2.50. The van der Waals surface area contributed by atoms with Crippen LogP contribution in [0.25, 0.3) is 0 Å². The summed E-state index contributed by atoms with van der Waals surface area (Å²) in [5.41, 5.74) is -4.85. The van der Waals surface area contributed by atoms with E-state index in [4.69, 9.17) is 0 Å². The highest BCUT2D eigenvalue weighted by Gasteiger charge is 2.67. The number of ketones is 1. The van der Waals surface area contributed by atoms with Gasteiger partial charge in [-0.25, -0.2) is 0 Å². The van der Waals surface area contributed by atoms with Crippen molar-refractivity contribution in [2.45, 2.75) is 37.1 Å². The third-order valence-corrected chi connectivity index (χ3v) is 5.03. The highest BCUT2D eigenvalue weighted by molar-refractivity contribution is 6.00. The number of benzene rings is 1. The van der Waals surface area contributed by atoms with Crippen molar-refractivity contribution in [3.63, 3.8) is 0 Å². The van der Waals surface area contributed by atoms with Gasteiger partial charge in [0.05, 0.1) is 4.92 Å². The van der Waals surface area contributed by atoms with Crippen molar-refractivity contribution >= 4 is 17.4 Å². The van der Waals surface area contributed by atoms with Crippen LogP contribution < -0.4 is 5.32 Å². The Kier molecular flexibility index (Phi) is 4.66. The molecule has 2 aliphatic rings. The van der Waals surface area contributed by atoms with Crippen molar-refractivity contribution in [1.82, 2.24) is 5.32 Å². The Labute approximate surface area is 155 Å². The predicted octanol–water partition coefficient (Wildman–Crippen LogP) is 2.24. The van der Waals surface area contributed by atoms with Crippen LogP contribution in [0.5, 0.6) is 0 Å². The zero-order chi connectivity index (χ0) is 20.9. The first kappa shape index (κ1) is 19.8. The van der Waals surface area contributed by atoms with Crippen LogP contribution in [0.4, 0.5) is 18.9 Å². The van der Waals surface area contributed by atoms with Gasteiger partial charge in [-0.1, -0.05) is 12.1 Å². The number of nitro benzene ring substituents is 1. The Morgan fingerprint density at radius 3 is 2.57 bits per heavy atom. The second-order valence-electron chi connectivity index (χ2n) is 6.70. The normalized spacial score (nSPS) is 27.8. The molecule has 8 nitrogen and oxygen atoms in total. The first-order valence-corrected chi connectivity index (χ1v) is 8.28. The summed E-state index contributed by atoms with van der Waals surface area (Å²) in [7, 11) is 0. The first-order chi connectivity index (χ1) is 13.0. The first-order valence-electron chi connectivity index (χ1n) is 8.28. The number of carbonyl (C=O) groups is 2. The van der Waals surface area contributed by atoms with Gasteiger partial charge in [0.25, 0.3) is 5.69 Å². The number of nitrogens with one attached hydrogen (secondary N) is 1. The minimum atomic E-state index is -5.38. The Morgan fingerprint density at radius 2 is 2.00 bits per heavy atom. The Bertz CT molecular complexity index is 897. The quantitative estimate of drug-likeness (QED) is 0.524. The largest absolute Gasteiger partial charge is 0.481 e. The van der Waals surface area contributed by atoms with E-state index >= 15 is 0 Å². The number of rotatable bonds is 3. The molecule has 0 aromatic heterocycles. The lowest BCUT2D eigenvalue weighted by Crippen LogP contribution is -2.67. The number of carbonyl (C=O) groups excluding carboxylic acids is 1. The van der Waals surface area contributed by atoms with E-state index in [2.05, 4.69) is 0 Å². The molecule has 0 spiro atoms. The molecule has 1 heterocycles. The van der Waals surface area contributed by atoms with Crippen LogP contribution in [0.2, 0.25) is 0 Å². The Balaban J connectivity index is 2.30. The fourth-order valence-electron chi connectivity index (χ4n) is 3.83. The molecule has 0 saturated heterocycles. The van der Waals surface area contributed by atoms with Crippen LogP contribution in [-0.4, -0.2) is 38.8 Å². The fourth-order valence-corrected chi connectivity index (χ4v) is 3.83. The molecule has 3 unspecified atom stereocenters. The van der Waals surface area contributed by atoms with Gasteiger partial charge in [-0.3, -0.25) is 19.7 Å². The molecule has 150 valence electrons. The van der Waals surface area contributed by atoms with Crippen molar-refractivity contribution in [3.8, 4) is 0 Å². The summed E-state index contributed by atoms with van der Waals surface area (Å²) in [5.74, 6) is -6.77. The third kappa shape index (κ3) is 3.01. The minimum Gasteiger partial charge on any atom is -0.481 e. The molecular formula is C17H15F3N2O6. The molecule has 28 heavy (non-hydrogen) atoms. The molecule has 0 bridgehead atoms. The number of hydrogen-bond acceptors (Lipinski definition) is 6. The van der Waals surface area contributed by atoms with E-state index in [0.717, 1.165) is 12.1 Å². The molecule has 0 saturated carbocycles. The van der Waals surface area contributed by atoms with E-state index in [9.17, 15) is 43.1 Å². The smallest absolute Gasteiger partial charge is 0.437 e. The number of Topliss-reactive ketones (excluding diaryl/α,β-unsaturated/α-hetero) is 1. The fraction of sp³-hybridized carbons (Fsp3) is 0.412. The van der Waals surface area contributed by atoms with Crippen LogP contribution in [0.3, 0.4) is 0 Å². The molecule has 0 fully saturated rings. The van der Waals surface area contributed by atoms with Gasteiger partial charge >= 0.3 is 12.1 Å². The van der Waals surface area contributed by atoms with Crippen LogP contribution in [-0.2, 0) is 9.59 Å². The number of allylic oxidation sites excluding steroid dienone is 2. The lowest BCUT2D eigenvalue weighted by molar-refractivity contribution is -0.385. The molecule has 3 atom stereocenters. The maximum atomic E-state index is 13.7. The van der Waals surface area contributed by atoms with Crippen molar-refractivity contribution in [2.24, 2.45) is 5.92 Å². The number of carboxylic acids is 1. The molecule has 0 amide bonds. The number of nitro groups is 1. The number of halogens is 3. The van der Waals surface area contributed by atoms with Gasteiger partial charge in [-0.2, -0.15) is 13.2 Å². The van der Waals surface area contributed by atoms with Crippen molar-refractivity contribution in [1.29, 1.82) is 0 Å². The van der Waals surface area contributed by atoms with E-state index in [-0.39, 0.29) is 36.1 Å². The van der Waals surface area contributed by atoms with Crippen LogP contribution in [0.1, 0.15) is 30.7 Å². The van der Waals surface area contributed by atoms with Gasteiger partial charge in [-0.05, 0) is 18.4 Å². The summed E-state index contributed by atoms with van der Waals surface area (Å²) in [5, 5.41) is 32.8. The zero-order valence-corrected chi connectivity index (χ0v) is 14.2. The third-order valence-electron chi connectivity index (χ3n) is 5.03. The predicted molar refractivity (Wildman–Crippen MR) is 87.0 cm³/mol. The molecule has 11 heteroatoms. The maximum absolute atomic E-state index is 13.7. The lowest BCUT2D eigenvalue weighted by atomic mass is 9.68. The van der Waals surface area contributed by atoms with Gasteiger partial charge in [0.1, 0.15) is 5.92 Å². The Hall–Kier alpha value is -2.95. The van der Waals surface area contributed by atoms with Gasteiger partial charge in [0.2, 0.25) is 5.72 Å². The summed E-state index contributed by atoms with van der Waals surface area (Å²) in [6, 6.07) is 4.42. The second-order valence-corrected chi connectivity index (χ2v) is 6.70. The summed E-state index contributed by atoms with van der Waals surface area (Å²) < 4.78 is 41.1. The summed E-state index contributed by atoms with van der Waals surface area (Å²) >= 11 is 0. The zero-order valence-electron chi connectivity index (χ0n) is 14.2. The molecular weight excluding hydrogens is 385 g/mol. The average molecular weight is 400 g/mol. The average Bonchev–Trinajstić information content (AvgIpc) is 2.59. The van der Waals surface area contributed by atoms with Crippen LogP contribution >= 0.6 is 0 Å². The topological polar surface area (TPSA) is 130 Å². The molecule has 1 aromatic carbocycles. The number of hydrogen-bond donors (Lipinski definition) is 3. The number of aliphatic hydroxyl groups is 1. The highest BCUT2D eigenvalue weighted by atomic mass is 19.4. The summed E-state index contributed by atoms with van der Waals surface area (Å²) in [4.78, 5) is 34.6. The SMILES string of the molecule is O=C1CCCC2=C1C(c1cccc([N+](=O)[O-])c1)C(C(=O)O)C(O)(C(F)(F)F)N2. The minimum absolute atomic E-state index is 0.00270. The number of nitrogens with zero attached hydrogens (tertiary/aromatic N) is 1. The van der Waals surface area contributed by atoms with E-state index in [0.29, 0.717) is 0 Å². The van der Waals surface area contributed by atoms with Gasteiger partial charge in [0, 0.05) is 35.7 Å². The van der Waals surface area contributed by atoms with Crippen molar-refractivity contribution < 1.29 is 37.9 Å². The lowest BCUT2D eigenvalue weighted by Gasteiger charge is -2.46. The number of non-ortho nitro benzene ring substituents is 1. The molecule has 1 aliphatic heterocycles. The number of aliphatic carboxylic acids is 1. The van der Waals surface area contributed by atoms with Gasteiger partial charge in [-0.15, -0.1) is 0 Å². The molecule has 3 N–H and O–H groups in total. The van der Waals surface area contributed by atoms with Crippen LogP contribution in [0, 0.1) is 16.0 Å². The van der Waals surface area contributed by atoms with Gasteiger partial charge < -0.3 is 15.5 Å². The van der Waals surface area contributed by atoms with E-state index in [1.165, 1.54) is 12.1 Å². The number of alkyl halides is 3. The summed E-state index contributed by atoms with van der Waals surface area (Å²) in [6.07, 6.45) is -5.13. The summed E-state index contributed by atoms with van der Waals surface area (Å²) in [6.45, 7) is 0. The van der Waals surface area contributed by atoms with E-state index in [1.54, 1.807) is 0 Å². The van der Waals surface area contributed by atoms with Crippen LogP contribution in [0.15, 0.2) is 35.5 Å². The standard InChI is InChI=1S/C17H15F3N2O6/c18-17(19,20)16(26)14(15(24)25)12(8-3-1-4-9(7-8)22(27)28)13-10(21-16)5-2-6-11(13)23/h1,3-4,7,12,14,21,26H,2,5-6H2,(H,24,25). The monoisotopic (exact) mass is 400 g/mol. The molecule has 1 aromatic rings. The van der Waals surface area contributed by atoms with Crippen molar-refractivity contribution in [2.75, 3.05) is 0 Å². The molecule has 1 aliphatic carbocycles. The van der Waals surface area contributed by atoms with E-state index in [1.807, 2.05) is 5.32 Å². The molecule has 3 rings (SSSR count). The Morgan fingerprint density at radius 1 is 1.32 bits per heavy atom. The maximum Gasteiger partial charge on any atom is 0.437 e. The molecule has 0 radical (unpaired) electrons. The van der Waals surface area contributed by atoms with E-state index < -0.39 is 46.1 Å². The van der Waals surface area contributed by atoms with Gasteiger partial charge in [0.15, 0.2) is 5.78 Å². The van der Waals surface area contributed by atoms with Crippen molar-refractivity contribution in [3.05, 3.63) is 51.2 Å². The second kappa shape index (κ2) is 6.59. The number of carboxylic acid groups (broad SMARTS) is 1.